The molecule has 2 unspecified atom stereocenters. The molecule has 0 spiro atoms. The van der Waals surface area contributed by atoms with Gasteiger partial charge in [-0.2, -0.15) is 13.2 Å². The number of benzene rings is 1. The zero-order valence-corrected chi connectivity index (χ0v) is 13.0. The summed E-state index contributed by atoms with van der Waals surface area (Å²) in [5.41, 5.74) is 5.70. The molecule has 1 saturated heterocycles. The smallest absolute Gasteiger partial charge is 0.422 e. The van der Waals surface area contributed by atoms with Crippen LogP contribution in [0, 0.1) is 5.82 Å². The summed E-state index contributed by atoms with van der Waals surface area (Å²) in [6.45, 7) is 2.16. The van der Waals surface area contributed by atoms with E-state index in [9.17, 15) is 22.4 Å². The van der Waals surface area contributed by atoms with Gasteiger partial charge in [0.1, 0.15) is 11.6 Å². The first-order valence-corrected chi connectivity index (χ1v) is 7.23. The number of anilines is 1. The summed E-state index contributed by atoms with van der Waals surface area (Å²) in [5, 5.41) is 4.99. The summed E-state index contributed by atoms with van der Waals surface area (Å²) in [7, 11) is 0. The van der Waals surface area contributed by atoms with Crippen molar-refractivity contribution in [1.29, 1.82) is 0 Å². The number of carbonyl (C=O) groups excluding carboxylic acids is 1. The van der Waals surface area contributed by atoms with Gasteiger partial charge in [0.25, 0.3) is 0 Å². The van der Waals surface area contributed by atoms with Crippen molar-refractivity contribution in [3.8, 4) is 5.75 Å². The van der Waals surface area contributed by atoms with Crippen LogP contribution in [0.2, 0.25) is 0 Å². The zero-order chi connectivity index (χ0) is 17.9. The molecule has 2 atom stereocenters. The molecule has 6 nitrogen and oxygen atoms in total. The van der Waals surface area contributed by atoms with Crippen molar-refractivity contribution in [1.82, 2.24) is 16.2 Å². The van der Waals surface area contributed by atoms with Gasteiger partial charge in [-0.3, -0.25) is 10.9 Å². The molecule has 134 valence electrons. The fourth-order valence-electron chi connectivity index (χ4n) is 2.32. The number of nitrogens with one attached hydrogen (secondary N) is 4. The maximum atomic E-state index is 13.3. The molecule has 1 aromatic rings. The van der Waals surface area contributed by atoms with E-state index in [2.05, 4.69) is 26.2 Å². The van der Waals surface area contributed by atoms with Gasteiger partial charge >= 0.3 is 12.2 Å². The third-order valence-electron chi connectivity index (χ3n) is 3.49. The van der Waals surface area contributed by atoms with Gasteiger partial charge in [0.15, 0.2) is 6.61 Å². The average molecular weight is 350 g/mol. The van der Waals surface area contributed by atoms with Gasteiger partial charge in [0, 0.05) is 18.2 Å². The Labute approximate surface area is 135 Å². The number of hydrogen-bond donors (Lipinski definition) is 4. The molecule has 0 aliphatic carbocycles. The monoisotopic (exact) mass is 350 g/mol. The topological polar surface area (TPSA) is 74.4 Å². The lowest BCUT2D eigenvalue weighted by atomic mass is 10.1. The summed E-state index contributed by atoms with van der Waals surface area (Å²) < 4.78 is 54.7. The Morgan fingerprint density at radius 3 is 2.46 bits per heavy atom. The van der Waals surface area contributed by atoms with Crippen LogP contribution < -0.4 is 26.2 Å². The Bertz CT molecular complexity index is 587. The summed E-state index contributed by atoms with van der Waals surface area (Å²) >= 11 is 0. The third kappa shape index (κ3) is 4.96. The summed E-state index contributed by atoms with van der Waals surface area (Å²) in [6.07, 6.45) is -4.54. The maximum Gasteiger partial charge on any atom is 0.422 e. The Morgan fingerprint density at radius 2 is 1.88 bits per heavy atom. The third-order valence-corrected chi connectivity index (χ3v) is 3.49. The molecule has 0 bridgehead atoms. The minimum atomic E-state index is -4.54. The average Bonchev–Trinajstić information content (AvgIpc) is 2.77. The predicted molar refractivity (Wildman–Crippen MR) is 79.1 cm³/mol. The fraction of sp³-hybridized carbons (Fsp3) is 0.500. The summed E-state index contributed by atoms with van der Waals surface area (Å²) in [4.78, 5) is 12.0. The van der Waals surface area contributed by atoms with Gasteiger partial charge in [-0.05, 0) is 26.0 Å². The van der Waals surface area contributed by atoms with E-state index in [0.29, 0.717) is 0 Å². The summed E-state index contributed by atoms with van der Waals surface area (Å²) in [5.74, 6) is -0.983. The van der Waals surface area contributed by atoms with Gasteiger partial charge in [-0.15, -0.1) is 0 Å². The maximum absolute atomic E-state index is 13.3. The molecular weight excluding hydrogens is 332 g/mol. The van der Waals surface area contributed by atoms with Crippen molar-refractivity contribution in [2.45, 2.75) is 38.1 Å². The molecule has 2 rings (SSSR count). The lowest BCUT2D eigenvalue weighted by molar-refractivity contribution is -0.153. The number of ether oxygens (including phenoxy) is 1. The molecule has 2 amide bonds. The molecule has 24 heavy (non-hydrogen) atoms. The molecule has 10 heteroatoms. The minimum absolute atomic E-state index is 0.0563. The second kappa shape index (κ2) is 7.22. The number of rotatable bonds is 4. The first-order valence-electron chi connectivity index (χ1n) is 7.23. The van der Waals surface area contributed by atoms with Crippen LogP contribution in [0.3, 0.4) is 0 Å². The molecule has 4 N–H and O–H groups in total. The van der Waals surface area contributed by atoms with Crippen molar-refractivity contribution in [2.75, 3.05) is 11.9 Å². The van der Waals surface area contributed by atoms with Crippen LogP contribution in [0.25, 0.3) is 0 Å². The van der Waals surface area contributed by atoms with Crippen LogP contribution in [0.4, 0.5) is 28.0 Å². The van der Waals surface area contributed by atoms with Gasteiger partial charge < -0.3 is 15.4 Å². The number of hydrazine groups is 1. The van der Waals surface area contributed by atoms with Crippen molar-refractivity contribution < 1.29 is 27.1 Å². The molecule has 1 heterocycles. The Kier molecular flexibility index (Phi) is 5.50. The first kappa shape index (κ1) is 18.3. The van der Waals surface area contributed by atoms with Gasteiger partial charge in [0.2, 0.25) is 0 Å². The van der Waals surface area contributed by atoms with Gasteiger partial charge in [0.05, 0.1) is 11.7 Å². The van der Waals surface area contributed by atoms with Crippen LogP contribution in [0.5, 0.6) is 5.75 Å². The molecule has 1 aromatic carbocycles. The van der Waals surface area contributed by atoms with E-state index in [1.54, 1.807) is 0 Å². The van der Waals surface area contributed by atoms with E-state index in [1.165, 1.54) is 0 Å². The Morgan fingerprint density at radius 1 is 1.25 bits per heavy atom. The van der Waals surface area contributed by atoms with Gasteiger partial charge in [-0.25, -0.2) is 9.18 Å². The molecule has 0 radical (unpaired) electrons. The fourth-order valence-corrected chi connectivity index (χ4v) is 2.32. The standard InChI is InChI=1S/C14H18F4N4O2/c1-7-12(8(2)22-21-7)20-13(23)19-10-5-9(15)3-4-11(10)24-6-14(16,17)18/h3-5,7-8,12,21-22H,6H2,1-2H3,(H2,19,20,23). The molecule has 1 aliphatic heterocycles. The van der Waals surface area contributed by atoms with Crippen LogP contribution >= 0.6 is 0 Å². The normalized spacial score (nSPS) is 23.8. The number of alkyl halides is 3. The minimum Gasteiger partial charge on any atom is -0.482 e. The highest BCUT2D eigenvalue weighted by Gasteiger charge is 2.31. The Hall–Kier alpha value is -2.07. The van der Waals surface area contributed by atoms with Gasteiger partial charge in [-0.1, -0.05) is 0 Å². The second-order valence-corrected chi connectivity index (χ2v) is 5.53. The van der Waals surface area contributed by atoms with Crippen LogP contribution in [0.15, 0.2) is 18.2 Å². The highest BCUT2D eigenvalue weighted by molar-refractivity contribution is 5.91. The van der Waals surface area contributed by atoms with Crippen LogP contribution in [0.1, 0.15) is 13.8 Å². The quantitative estimate of drug-likeness (QED) is 0.628. The van der Waals surface area contributed by atoms with Crippen molar-refractivity contribution in [2.24, 2.45) is 0 Å². The van der Waals surface area contributed by atoms with Crippen molar-refractivity contribution >= 4 is 11.7 Å². The van der Waals surface area contributed by atoms with E-state index in [0.717, 1.165) is 18.2 Å². The number of amides is 2. The number of halogens is 4. The lowest BCUT2D eigenvalue weighted by Crippen LogP contribution is -2.48. The van der Waals surface area contributed by atoms with Crippen molar-refractivity contribution in [3.63, 3.8) is 0 Å². The molecular formula is C14H18F4N4O2. The van der Waals surface area contributed by atoms with Crippen molar-refractivity contribution in [3.05, 3.63) is 24.0 Å². The second-order valence-electron chi connectivity index (χ2n) is 5.53. The zero-order valence-electron chi connectivity index (χ0n) is 13.0. The highest BCUT2D eigenvalue weighted by atomic mass is 19.4. The first-order chi connectivity index (χ1) is 11.2. The lowest BCUT2D eigenvalue weighted by Gasteiger charge is -2.20. The molecule has 1 aliphatic rings. The number of carbonyl (C=O) groups is 1. The van der Waals surface area contributed by atoms with E-state index in [-0.39, 0.29) is 29.6 Å². The Balaban J connectivity index is 2.04. The van der Waals surface area contributed by atoms with Crippen LogP contribution in [-0.4, -0.2) is 36.9 Å². The predicted octanol–water partition coefficient (Wildman–Crippen LogP) is 2.14. The summed E-state index contributed by atoms with van der Waals surface area (Å²) in [6, 6.07) is 1.83. The van der Waals surface area contributed by atoms with Crippen LogP contribution in [-0.2, 0) is 0 Å². The number of urea groups is 1. The number of hydrogen-bond acceptors (Lipinski definition) is 4. The molecule has 0 saturated carbocycles. The van der Waals surface area contributed by atoms with E-state index in [1.807, 2.05) is 13.8 Å². The molecule has 1 fully saturated rings. The highest BCUT2D eigenvalue weighted by Crippen LogP contribution is 2.27. The molecule has 0 aromatic heterocycles. The van der Waals surface area contributed by atoms with E-state index in [4.69, 9.17) is 0 Å². The SMILES string of the molecule is CC1NNC(C)C1NC(=O)Nc1cc(F)ccc1OCC(F)(F)F. The largest absolute Gasteiger partial charge is 0.482 e. The van der Waals surface area contributed by atoms with E-state index < -0.39 is 24.6 Å². The van der Waals surface area contributed by atoms with E-state index >= 15 is 0 Å².